The van der Waals surface area contributed by atoms with Crippen LogP contribution in [0.15, 0.2) is 35.7 Å². The fraction of sp³-hybridized carbons (Fsp3) is 0.308. The van der Waals surface area contributed by atoms with Crippen LogP contribution >= 0.6 is 10.7 Å². The van der Waals surface area contributed by atoms with Crippen LogP contribution in [0.5, 0.6) is 0 Å². The average molecular weight is 336 g/mol. The van der Waals surface area contributed by atoms with Crippen LogP contribution in [0.2, 0.25) is 0 Å². The molecular weight excluding hydrogens is 321 g/mol. The van der Waals surface area contributed by atoms with Gasteiger partial charge < -0.3 is 10.1 Å². The molecule has 0 unspecified atom stereocenters. The number of ether oxygens (including phenoxy) is 1. The monoisotopic (exact) mass is 335 g/mol. The summed E-state index contributed by atoms with van der Waals surface area (Å²) in [5.41, 5.74) is -0.125. The van der Waals surface area contributed by atoms with Gasteiger partial charge in [0, 0.05) is 22.8 Å². The first-order valence-corrected chi connectivity index (χ1v) is 8.37. The number of hydrogen-bond acceptors (Lipinski definition) is 4. The molecule has 0 spiro atoms. The van der Waals surface area contributed by atoms with E-state index in [1.807, 2.05) is 0 Å². The van der Waals surface area contributed by atoms with Crippen LogP contribution < -0.4 is 5.32 Å². The Hall–Kier alpha value is -1.44. The summed E-state index contributed by atoms with van der Waals surface area (Å²) in [6.07, 6.45) is 2.41. The molecule has 0 saturated carbocycles. The van der Waals surface area contributed by atoms with E-state index in [0.717, 1.165) is 18.2 Å². The van der Waals surface area contributed by atoms with Gasteiger partial charge in [0.05, 0.1) is 18.1 Å². The fourth-order valence-electron chi connectivity index (χ4n) is 1.44. The van der Waals surface area contributed by atoms with Crippen LogP contribution in [0, 0.1) is 5.82 Å². The highest BCUT2D eigenvalue weighted by molar-refractivity contribution is 8.13. The molecule has 21 heavy (non-hydrogen) atoms. The highest BCUT2D eigenvalue weighted by atomic mass is 35.7. The van der Waals surface area contributed by atoms with Gasteiger partial charge in [0.1, 0.15) is 5.82 Å². The molecule has 5 nitrogen and oxygen atoms in total. The molecule has 0 saturated heterocycles. The Morgan fingerprint density at radius 1 is 1.38 bits per heavy atom. The van der Waals surface area contributed by atoms with E-state index in [0.29, 0.717) is 13.0 Å². The van der Waals surface area contributed by atoms with Crippen molar-refractivity contribution in [3.8, 4) is 0 Å². The maximum absolute atomic E-state index is 13.3. The summed E-state index contributed by atoms with van der Waals surface area (Å²) in [6.45, 7) is 4.54. The molecule has 0 aliphatic carbocycles. The van der Waals surface area contributed by atoms with Crippen molar-refractivity contribution in [2.45, 2.75) is 11.3 Å². The highest BCUT2D eigenvalue weighted by Gasteiger charge is 2.15. The van der Waals surface area contributed by atoms with Crippen molar-refractivity contribution in [2.24, 2.45) is 0 Å². The average Bonchev–Trinajstić information content (AvgIpc) is 2.40. The Morgan fingerprint density at radius 3 is 2.71 bits per heavy atom. The number of amides is 1. The van der Waals surface area contributed by atoms with Gasteiger partial charge in [-0.05, 0) is 24.6 Å². The maximum atomic E-state index is 13.3. The second-order valence-electron chi connectivity index (χ2n) is 4.06. The van der Waals surface area contributed by atoms with Crippen molar-refractivity contribution in [3.05, 3.63) is 42.2 Å². The molecule has 1 amide bonds. The third-order valence-electron chi connectivity index (χ3n) is 2.41. The topological polar surface area (TPSA) is 72.5 Å². The molecule has 1 aromatic rings. The number of rotatable bonds is 8. The van der Waals surface area contributed by atoms with Crippen molar-refractivity contribution < 1.29 is 22.3 Å². The standard InChI is InChI=1S/C13H15ClFNO4S/c1-2-3-5-20-6-4-16-13(17)10-7-11(15)9-12(8-10)21(14,18)19/h2,7-9H,1,3-6H2,(H,16,17). The Labute approximate surface area is 127 Å². The van der Waals surface area contributed by atoms with Gasteiger partial charge in [0.15, 0.2) is 0 Å². The first-order valence-electron chi connectivity index (χ1n) is 6.06. The smallest absolute Gasteiger partial charge is 0.261 e. The minimum atomic E-state index is -4.10. The largest absolute Gasteiger partial charge is 0.379 e. The van der Waals surface area contributed by atoms with Crippen molar-refractivity contribution >= 4 is 25.6 Å². The Balaban J connectivity index is 2.62. The lowest BCUT2D eigenvalue weighted by molar-refractivity contribution is 0.0917. The van der Waals surface area contributed by atoms with E-state index in [4.69, 9.17) is 15.4 Å². The lowest BCUT2D eigenvalue weighted by Gasteiger charge is -2.07. The number of hydrogen-bond donors (Lipinski definition) is 1. The molecule has 1 rings (SSSR count). The van der Waals surface area contributed by atoms with Gasteiger partial charge in [-0.25, -0.2) is 12.8 Å². The Kier molecular flexibility index (Phi) is 6.80. The number of carbonyl (C=O) groups excluding carboxylic acids is 1. The van der Waals surface area contributed by atoms with Crippen molar-refractivity contribution in [2.75, 3.05) is 19.8 Å². The number of carbonyl (C=O) groups is 1. The molecule has 0 fully saturated rings. The molecule has 0 atom stereocenters. The van der Waals surface area contributed by atoms with Crippen molar-refractivity contribution in [1.82, 2.24) is 5.32 Å². The molecule has 0 heterocycles. The summed E-state index contributed by atoms with van der Waals surface area (Å²) in [7, 11) is 1.03. The van der Waals surface area contributed by atoms with Crippen LogP contribution in [-0.2, 0) is 13.8 Å². The van der Waals surface area contributed by atoms with E-state index in [1.54, 1.807) is 6.08 Å². The zero-order valence-electron chi connectivity index (χ0n) is 11.1. The first-order chi connectivity index (χ1) is 9.84. The molecule has 0 radical (unpaired) electrons. The Bertz CT molecular complexity index is 619. The van der Waals surface area contributed by atoms with Gasteiger partial charge in [-0.15, -0.1) is 6.58 Å². The van der Waals surface area contributed by atoms with Crippen LogP contribution in [0.25, 0.3) is 0 Å². The van der Waals surface area contributed by atoms with Gasteiger partial charge >= 0.3 is 0 Å². The fourth-order valence-corrected chi connectivity index (χ4v) is 2.23. The van der Waals surface area contributed by atoms with Crippen LogP contribution in [-0.4, -0.2) is 34.1 Å². The second kappa shape index (κ2) is 8.11. The molecule has 0 aliphatic heterocycles. The molecule has 8 heteroatoms. The van der Waals surface area contributed by atoms with Gasteiger partial charge in [-0.3, -0.25) is 4.79 Å². The predicted octanol–water partition coefficient (Wildman–Crippen LogP) is 2.08. The Morgan fingerprint density at radius 2 is 2.10 bits per heavy atom. The molecule has 116 valence electrons. The van der Waals surface area contributed by atoms with Crippen molar-refractivity contribution in [3.63, 3.8) is 0 Å². The van der Waals surface area contributed by atoms with Gasteiger partial charge in [0.2, 0.25) is 0 Å². The molecule has 0 bridgehead atoms. The van der Waals surface area contributed by atoms with Crippen molar-refractivity contribution in [1.29, 1.82) is 0 Å². The number of benzene rings is 1. The zero-order chi connectivity index (χ0) is 15.9. The number of nitrogens with one attached hydrogen (secondary N) is 1. The minimum absolute atomic E-state index is 0.125. The van der Waals surface area contributed by atoms with Crippen LogP contribution in [0.1, 0.15) is 16.8 Å². The third kappa shape index (κ3) is 6.24. The van der Waals surface area contributed by atoms with E-state index < -0.39 is 25.7 Å². The summed E-state index contributed by atoms with van der Waals surface area (Å²) < 4.78 is 40.8. The van der Waals surface area contributed by atoms with Gasteiger partial charge in [0.25, 0.3) is 15.0 Å². The van der Waals surface area contributed by atoms with Gasteiger partial charge in [-0.2, -0.15) is 0 Å². The summed E-state index contributed by atoms with van der Waals surface area (Å²) in [5, 5.41) is 2.49. The second-order valence-corrected chi connectivity index (χ2v) is 6.63. The summed E-state index contributed by atoms with van der Waals surface area (Å²) >= 11 is 0. The van der Waals surface area contributed by atoms with Crippen LogP contribution in [0.4, 0.5) is 4.39 Å². The van der Waals surface area contributed by atoms with E-state index in [1.165, 1.54) is 0 Å². The summed E-state index contributed by atoms with van der Waals surface area (Å²) in [4.78, 5) is 11.3. The number of halogens is 2. The lowest BCUT2D eigenvalue weighted by Crippen LogP contribution is -2.27. The molecule has 1 aromatic carbocycles. The van der Waals surface area contributed by atoms with E-state index in [-0.39, 0.29) is 18.7 Å². The summed E-state index contributed by atoms with van der Waals surface area (Å²) in [5.74, 6) is -1.47. The molecule has 1 N–H and O–H groups in total. The molecular formula is C13H15ClFNO4S. The predicted molar refractivity (Wildman–Crippen MR) is 77.4 cm³/mol. The molecule has 0 aliphatic rings. The molecule has 0 aromatic heterocycles. The third-order valence-corrected chi connectivity index (χ3v) is 3.75. The van der Waals surface area contributed by atoms with Crippen LogP contribution in [0.3, 0.4) is 0 Å². The normalized spacial score (nSPS) is 11.1. The highest BCUT2D eigenvalue weighted by Crippen LogP contribution is 2.18. The maximum Gasteiger partial charge on any atom is 0.261 e. The minimum Gasteiger partial charge on any atom is -0.379 e. The first kappa shape index (κ1) is 17.6. The van der Waals surface area contributed by atoms with E-state index in [9.17, 15) is 17.6 Å². The quantitative estimate of drug-likeness (QED) is 0.448. The van der Waals surface area contributed by atoms with E-state index in [2.05, 4.69) is 11.9 Å². The lowest BCUT2D eigenvalue weighted by atomic mass is 10.2. The summed E-state index contributed by atoms with van der Waals surface area (Å²) in [6, 6.07) is 2.69. The van der Waals surface area contributed by atoms with Gasteiger partial charge in [-0.1, -0.05) is 6.08 Å². The zero-order valence-corrected chi connectivity index (χ0v) is 12.7. The van der Waals surface area contributed by atoms with E-state index >= 15 is 0 Å². The SMILES string of the molecule is C=CCCOCCNC(=O)c1cc(F)cc(S(=O)(=O)Cl)c1.